The lowest BCUT2D eigenvalue weighted by Gasteiger charge is -2.21. The first-order chi connectivity index (χ1) is 8.79. The lowest BCUT2D eigenvalue weighted by Crippen LogP contribution is -2.28. The van der Waals surface area contributed by atoms with Crippen LogP contribution in [-0.4, -0.2) is 29.1 Å². The molecule has 4 heteroatoms. The minimum atomic E-state index is 0.746. The topological polar surface area (TPSA) is 35.8 Å². The molecule has 0 aromatic heterocycles. The highest BCUT2D eigenvalue weighted by Gasteiger charge is 2.13. The van der Waals surface area contributed by atoms with Gasteiger partial charge in [0.25, 0.3) is 0 Å². The molecule has 1 saturated heterocycles. The Morgan fingerprint density at radius 1 is 1.44 bits per heavy atom. The van der Waals surface area contributed by atoms with Gasteiger partial charge in [-0.3, -0.25) is 0 Å². The van der Waals surface area contributed by atoms with E-state index in [-0.39, 0.29) is 0 Å². The lowest BCUT2D eigenvalue weighted by atomic mass is 10.1. The monoisotopic (exact) mass is 278 g/mol. The van der Waals surface area contributed by atoms with Crippen LogP contribution in [0.5, 0.6) is 0 Å². The molecule has 1 aromatic carbocycles. The normalized spacial score (nSPS) is 19.4. The first-order valence-corrected chi connectivity index (χ1v) is 8.39. The minimum absolute atomic E-state index is 0.746. The first-order valence-electron chi connectivity index (χ1n) is 6.19. The molecule has 96 valence electrons. The van der Waals surface area contributed by atoms with Gasteiger partial charge in [-0.2, -0.15) is 28.8 Å². The molecule has 1 atom stereocenters. The van der Waals surface area contributed by atoms with Crippen LogP contribution in [0.2, 0.25) is 0 Å². The average molecular weight is 278 g/mol. The Morgan fingerprint density at radius 2 is 2.33 bits per heavy atom. The fourth-order valence-corrected chi connectivity index (χ4v) is 4.63. The Morgan fingerprint density at radius 3 is 3.00 bits per heavy atom. The second-order valence-corrected chi connectivity index (χ2v) is 7.01. The smallest absolute Gasteiger partial charge is 0.0991 e. The summed E-state index contributed by atoms with van der Waals surface area (Å²) in [6.07, 6.45) is 0. The second kappa shape index (κ2) is 7.08. The third kappa shape index (κ3) is 3.94. The van der Waals surface area contributed by atoms with Gasteiger partial charge in [0.1, 0.15) is 0 Å². The van der Waals surface area contributed by atoms with Gasteiger partial charge < -0.3 is 5.32 Å². The van der Waals surface area contributed by atoms with Gasteiger partial charge in [-0.1, -0.05) is 6.07 Å². The fraction of sp³-hybridized carbons (Fsp3) is 0.500. The zero-order chi connectivity index (χ0) is 12.8. The molecule has 1 aliphatic rings. The van der Waals surface area contributed by atoms with Crippen molar-refractivity contribution < 1.29 is 0 Å². The summed E-state index contributed by atoms with van der Waals surface area (Å²) >= 11 is 4.14. The van der Waals surface area contributed by atoms with E-state index in [9.17, 15) is 0 Å². The molecule has 0 aliphatic carbocycles. The van der Waals surface area contributed by atoms with E-state index >= 15 is 0 Å². The summed E-state index contributed by atoms with van der Waals surface area (Å²) < 4.78 is 0. The average Bonchev–Trinajstić information content (AvgIpc) is 2.42. The minimum Gasteiger partial charge on any atom is -0.312 e. The zero-order valence-corrected chi connectivity index (χ0v) is 12.2. The van der Waals surface area contributed by atoms with Gasteiger partial charge in [0, 0.05) is 35.6 Å². The van der Waals surface area contributed by atoms with E-state index in [1.807, 2.05) is 12.1 Å². The highest BCUT2D eigenvalue weighted by Crippen LogP contribution is 2.23. The fourth-order valence-electron chi connectivity index (χ4n) is 1.99. The van der Waals surface area contributed by atoms with Crippen LogP contribution in [0.15, 0.2) is 18.2 Å². The van der Waals surface area contributed by atoms with E-state index in [1.54, 1.807) is 0 Å². The van der Waals surface area contributed by atoms with E-state index in [0.717, 1.165) is 23.9 Å². The number of hydrogen-bond acceptors (Lipinski definition) is 4. The maximum Gasteiger partial charge on any atom is 0.0991 e. The second-order valence-electron chi connectivity index (χ2n) is 4.45. The van der Waals surface area contributed by atoms with E-state index in [2.05, 4.69) is 47.9 Å². The summed E-state index contributed by atoms with van der Waals surface area (Å²) in [7, 11) is 0. The van der Waals surface area contributed by atoms with E-state index < -0.39 is 0 Å². The molecule has 18 heavy (non-hydrogen) atoms. The number of nitriles is 1. The number of thioether (sulfide) groups is 2. The molecule has 2 nitrogen and oxygen atoms in total. The van der Waals surface area contributed by atoms with Crippen LogP contribution in [0.25, 0.3) is 0 Å². The van der Waals surface area contributed by atoms with Crippen LogP contribution in [0.3, 0.4) is 0 Å². The van der Waals surface area contributed by atoms with Crippen molar-refractivity contribution in [2.75, 3.05) is 23.8 Å². The number of aryl methyl sites for hydroxylation is 1. The quantitative estimate of drug-likeness (QED) is 0.918. The Kier molecular flexibility index (Phi) is 5.43. The Balaban J connectivity index is 1.81. The van der Waals surface area contributed by atoms with Crippen molar-refractivity contribution in [3.8, 4) is 6.07 Å². The Labute approximate surface area is 118 Å². The third-order valence-corrected chi connectivity index (χ3v) is 5.89. The van der Waals surface area contributed by atoms with Crippen molar-refractivity contribution in [1.29, 1.82) is 5.26 Å². The van der Waals surface area contributed by atoms with Crippen LogP contribution in [-0.2, 0) is 6.54 Å². The van der Waals surface area contributed by atoms with E-state index in [0.29, 0.717) is 0 Å². The standard InChI is InChI=1S/C14H18N2S2/c1-11-6-12(7-15)2-3-13(11)8-16-9-14-10-17-4-5-18-14/h2-3,6,14,16H,4-5,8-10H2,1H3. The largest absolute Gasteiger partial charge is 0.312 e. The predicted octanol–water partition coefficient (Wildman–Crippen LogP) is 2.80. The maximum absolute atomic E-state index is 8.83. The van der Waals surface area contributed by atoms with Gasteiger partial charge in [0.15, 0.2) is 0 Å². The number of hydrogen-bond donors (Lipinski definition) is 1. The highest BCUT2D eigenvalue weighted by molar-refractivity contribution is 8.06. The number of benzene rings is 1. The molecule has 0 bridgehead atoms. The summed E-state index contributed by atoms with van der Waals surface area (Å²) in [5.41, 5.74) is 3.24. The summed E-state index contributed by atoms with van der Waals surface area (Å²) in [5, 5.41) is 13.1. The van der Waals surface area contributed by atoms with Crippen molar-refractivity contribution >= 4 is 23.5 Å². The molecule has 1 fully saturated rings. The van der Waals surface area contributed by atoms with Gasteiger partial charge in [-0.15, -0.1) is 0 Å². The van der Waals surface area contributed by atoms with Crippen molar-refractivity contribution in [2.45, 2.75) is 18.7 Å². The summed E-state index contributed by atoms with van der Waals surface area (Å²) in [5.74, 6) is 3.85. The molecule has 1 aromatic rings. The van der Waals surface area contributed by atoms with Gasteiger partial charge in [-0.05, 0) is 30.2 Å². The maximum atomic E-state index is 8.83. The van der Waals surface area contributed by atoms with Crippen LogP contribution < -0.4 is 5.32 Å². The van der Waals surface area contributed by atoms with Crippen molar-refractivity contribution in [2.24, 2.45) is 0 Å². The number of nitrogens with zero attached hydrogens (tertiary/aromatic N) is 1. The van der Waals surface area contributed by atoms with Crippen LogP contribution >= 0.6 is 23.5 Å². The molecule has 2 rings (SSSR count). The number of rotatable bonds is 4. The van der Waals surface area contributed by atoms with Gasteiger partial charge >= 0.3 is 0 Å². The van der Waals surface area contributed by atoms with E-state index in [4.69, 9.17) is 5.26 Å². The molecular formula is C14H18N2S2. The Bertz CT molecular complexity index is 434. The van der Waals surface area contributed by atoms with Crippen molar-refractivity contribution in [3.05, 3.63) is 34.9 Å². The highest BCUT2D eigenvalue weighted by atomic mass is 32.2. The van der Waals surface area contributed by atoms with Crippen LogP contribution in [0, 0.1) is 18.3 Å². The molecule has 0 amide bonds. The summed E-state index contributed by atoms with van der Waals surface area (Å²) in [4.78, 5) is 0. The molecule has 0 saturated carbocycles. The molecule has 1 unspecified atom stereocenters. The van der Waals surface area contributed by atoms with Crippen LogP contribution in [0.1, 0.15) is 16.7 Å². The predicted molar refractivity (Wildman–Crippen MR) is 81.2 cm³/mol. The molecule has 1 aliphatic heterocycles. The van der Waals surface area contributed by atoms with E-state index in [1.165, 1.54) is 28.4 Å². The van der Waals surface area contributed by atoms with Gasteiger partial charge in [-0.25, -0.2) is 0 Å². The van der Waals surface area contributed by atoms with Crippen LogP contribution in [0.4, 0.5) is 0 Å². The third-order valence-electron chi connectivity index (χ3n) is 3.04. The first kappa shape index (κ1) is 13.8. The van der Waals surface area contributed by atoms with Crippen molar-refractivity contribution in [3.63, 3.8) is 0 Å². The van der Waals surface area contributed by atoms with Gasteiger partial charge in [0.05, 0.1) is 11.6 Å². The summed E-state index contributed by atoms with van der Waals surface area (Å²) in [6.45, 7) is 4.06. The number of nitrogens with one attached hydrogen (secondary N) is 1. The summed E-state index contributed by atoms with van der Waals surface area (Å²) in [6, 6.07) is 8.09. The SMILES string of the molecule is Cc1cc(C#N)ccc1CNCC1CSCCS1. The molecule has 0 spiro atoms. The molecule has 1 N–H and O–H groups in total. The van der Waals surface area contributed by atoms with Gasteiger partial charge in [0.2, 0.25) is 0 Å². The lowest BCUT2D eigenvalue weighted by molar-refractivity contribution is 0.684. The molecular weight excluding hydrogens is 260 g/mol. The Hall–Kier alpha value is -0.630. The van der Waals surface area contributed by atoms with Crippen molar-refractivity contribution in [1.82, 2.24) is 5.32 Å². The molecule has 0 radical (unpaired) electrons. The molecule has 1 heterocycles. The zero-order valence-electron chi connectivity index (χ0n) is 10.6.